The molecule has 2 heterocycles. The number of halogens is 4. The van der Waals surface area contributed by atoms with Gasteiger partial charge in [0.15, 0.2) is 5.82 Å². The first-order chi connectivity index (χ1) is 13.9. The Morgan fingerprint density at radius 3 is 2.59 bits per heavy atom. The van der Waals surface area contributed by atoms with Crippen LogP contribution in [0.3, 0.4) is 0 Å². The van der Waals surface area contributed by atoms with Crippen molar-refractivity contribution < 1.29 is 13.6 Å². The number of hydrogen-bond acceptors (Lipinski definition) is 3. The molecule has 1 fully saturated rings. The van der Waals surface area contributed by atoms with E-state index in [2.05, 4.69) is 15.5 Å². The lowest BCUT2D eigenvalue weighted by molar-refractivity contribution is -0.117. The molecular weight excluding hydrogens is 423 g/mol. The van der Waals surface area contributed by atoms with Gasteiger partial charge in [0.05, 0.1) is 12.2 Å². The van der Waals surface area contributed by atoms with Crippen LogP contribution in [0, 0.1) is 0 Å². The van der Waals surface area contributed by atoms with Gasteiger partial charge in [-0.1, -0.05) is 35.3 Å². The zero-order valence-electron chi connectivity index (χ0n) is 15.2. The van der Waals surface area contributed by atoms with Crippen molar-refractivity contribution in [2.75, 3.05) is 5.32 Å². The number of anilines is 1. The molecule has 29 heavy (non-hydrogen) atoms. The minimum absolute atomic E-state index is 0.166. The standard InChI is InChI=1S/C19H17Cl2F2N5O/c20-13-5-1-11(2-6-13)8-27-9-14(21)19(26-27)24-17(29)10-28-16(18(22)23)7-15(25-28)12-3-4-12/h1-2,5-7,9,12,18H,3-4,8,10H2,(H,24,26,29). The number of alkyl halides is 2. The maximum Gasteiger partial charge on any atom is 0.280 e. The summed E-state index contributed by atoms with van der Waals surface area (Å²) >= 11 is 12.0. The van der Waals surface area contributed by atoms with Crippen molar-refractivity contribution in [1.82, 2.24) is 19.6 Å². The Kier molecular flexibility index (Phi) is 5.56. The molecule has 0 bridgehead atoms. The first-order valence-electron chi connectivity index (χ1n) is 9.02. The number of nitrogens with one attached hydrogen (secondary N) is 1. The number of amides is 1. The molecule has 0 aliphatic heterocycles. The van der Waals surface area contributed by atoms with E-state index in [0.29, 0.717) is 17.3 Å². The van der Waals surface area contributed by atoms with E-state index in [-0.39, 0.29) is 29.0 Å². The van der Waals surface area contributed by atoms with E-state index in [1.807, 2.05) is 12.1 Å². The highest BCUT2D eigenvalue weighted by Gasteiger charge is 2.29. The first-order valence-corrected chi connectivity index (χ1v) is 9.77. The van der Waals surface area contributed by atoms with Crippen LogP contribution in [0.1, 0.15) is 42.1 Å². The molecule has 3 aromatic rings. The van der Waals surface area contributed by atoms with E-state index in [1.165, 1.54) is 6.07 Å². The van der Waals surface area contributed by atoms with Crippen LogP contribution >= 0.6 is 23.2 Å². The van der Waals surface area contributed by atoms with Crippen LogP contribution in [0.4, 0.5) is 14.6 Å². The van der Waals surface area contributed by atoms with Gasteiger partial charge in [-0.3, -0.25) is 14.2 Å². The van der Waals surface area contributed by atoms with Crippen molar-refractivity contribution in [3.8, 4) is 0 Å². The van der Waals surface area contributed by atoms with Crippen molar-refractivity contribution in [1.29, 1.82) is 0 Å². The molecule has 1 amide bonds. The van der Waals surface area contributed by atoms with Gasteiger partial charge in [0.25, 0.3) is 6.43 Å². The monoisotopic (exact) mass is 439 g/mol. The highest BCUT2D eigenvalue weighted by molar-refractivity contribution is 6.33. The zero-order valence-corrected chi connectivity index (χ0v) is 16.7. The average molecular weight is 440 g/mol. The second-order valence-corrected chi connectivity index (χ2v) is 7.77. The van der Waals surface area contributed by atoms with Gasteiger partial charge in [0.1, 0.15) is 17.3 Å². The van der Waals surface area contributed by atoms with Crippen LogP contribution in [0.5, 0.6) is 0 Å². The van der Waals surface area contributed by atoms with Gasteiger partial charge in [-0.2, -0.15) is 10.2 Å². The molecule has 152 valence electrons. The summed E-state index contributed by atoms with van der Waals surface area (Å²) in [5.74, 6) is -0.149. The second-order valence-electron chi connectivity index (χ2n) is 6.92. The van der Waals surface area contributed by atoms with Gasteiger partial charge in [0.2, 0.25) is 5.91 Å². The number of rotatable bonds is 7. The summed E-state index contributed by atoms with van der Waals surface area (Å²) in [5, 5.41) is 11.9. The third-order valence-electron chi connectivity index (χ3n) is 4.58. The van der Waals surface area contributed by atoms with Gasteiger partial charge in [-0.15, -0.1) is 0 Å². The Morgan fingerprint density at radius 1 is 1.21 bits per heavy atom. The minimum atomic E-state index is -2.70. The summed E-state index contributed by atoms with van der Waals surface area (Å²) in [6, 6.07) is 8.63. The third-order valence-corrected chi connectivity index (χ3v) is 5.10. The molecule has 1 aliphatic rings. The second kappa shape index (κ2) is 8.12. The summed E-state index contributed by atoms with van der Waals surface area (Å²) in [4.78, 5) is 12.4. The normalized spacial score (nSPS) is 13.8. The van der Waals surface area contributed by atoms with Gasteiger partial charge < -0.3 is 5.32 Å². The number of carbonyl (C=O) groups is 1. The van der Waals surface area contributed by atoms with Crippen molar-refractivity contribution in [3.63, 3.8) is 0 Å². The first kappa shape index (κ1) is 19.8. The van der Waals surface area contributed by atoms with E-state index in [1.54, 1.807) is 23.0 Å². The number of benzene rings is 1. The van der Waals surface area contributed by atoms with Crippen molar-refractivity contribution in [3.05, 3.63) is 63.5 Å². The Bertz CT molecular complexity index is 1030. The predicted molar refractivity (Wildman–Crippen MR) is 106 cm³/mol. The summed E-state index contributed by atoms with van der Waals surface area (Å²) < 4.78 is 29.1. The van der Waals surface area contributed by atoms with Crippen LogP contribution in [-0.4, -0.2) is 25.5 Å². The van der Waals surface area contributed by atoms with E-state index in [4.69, 9.17) is 23.2 Å². The molecule has 6 nitrogen and oxygen atoms in total. The van der Waals surface area contributed by atoms with Gasteiger partial charge in [0, 0.05) is 17.1 Å². The fraction of sp³-hybridized carbons (Fsp3) is 0.316. The van der Waals surface area contributed by atoms with E-state index >= 15 is 0 Å². The van der Waals surface area contributed by atoms with Crippen LogP contribution < -0.4 is 5.32 Å². The van der Waals surface area contributed by atoms with Gasteiger partial charge >= 0.3 is 0 Å². The molecule has 1 saturated carbocycles. The van der Waals surface area contributed by atoms with Crippen molar-refractivity contribution >= 4 is 34.9 Å². The maximum absolute atomic E-state index is 13.3. The van der Waals surface area contributed by atoms with Crippen LogP contribution in [-0.2, 0) is 17.9 Å². The molecule has 0 saturated heterocycles. The fourth-order valence-corrected chi connectivity index (χ4v) is 3.30. The molecule has 10 heteroatoms. The van der Waals surface area contributed by atoms with Gasteiger partial charge in [-0.25, -0.2) is 8.78 Å². The van der Waals surface area contributed by atoms with Crippen molar-refractivity contribution in [2.24, 2.45) is 0 Å². The predicted octanol–water partition coefficient (Wildman–Crippen LogP) is 4.89. The van der Waals surface area contributed by atoms with Crippen LogP contribution in [0.2, 0.25) is 10.0 Å². The molecule has 0 radical (unpaired) electrons. The summed E-state index contributed by atoms with van der Waals surface area (Å²) in [5.41, 5.74) is 1.30. The third kappa shape index (κ3) is 4.76. The molecule has 0 atom stereocenters. The maximum atomic E-state index is 13.3. The van der Waals surface area contributed by atoms with Crippen LogP contribution in [0.15, 0.2) is 36.5 Å². The van der Waals surface area contributed by atoms with E-state index in [9.17, 15) is 13.6 Å². The SMILES string of the molecule is O=C(Cn1nc(C2CC2)cc1C(F)F)Nc1nn(Cc2ccc(Cl)cc2)cc1Cl. The lowest BCUT2D eigenvalue weighted by Gasteiger charge is -2.07. The van der Waals surface area contributed by atoms with E-state index in [0.717, 1.165) is 23.1 Å². The molecular formula is C19H17Cl2F2N5O. The Morgan fingerprint density at radius 2 is 1.93 bits per heavy atom. The molecule has 1 N–H and O–H groups in total. The largest absolute Gasteiger partial charge is 0.306 e. The Labute approximate surface area is 175 Å². The topological polar surface area (TPSA) is 64.7 Å². The minimum Gasteiger partial charge on any atom is -0.306 e. The molecule has 0 unspecified atom stereocenters. The molecule has 0 spiro atoms. The Balaban J connectivity index is 1.43. The Hall–Kier alpha value is -2.45. The summed E-state index contributed by atoms with van der Waals surface area (Å²) in [7, 11) is 0. The summed E-state index contributed by atoms with van der Waals surface area (Å²) in [6.45, 7) is 0.0962. The van der Waals surface area contributed by atoms with E-state index < -0.39 is 12.3 Å². The molecule has 2 aromatic heterocycles. The number of carbonyl (C=O) groups excluding carboxylic acids is 1. The molecule has 1 aromatic carbocycles. The lowest BCUT2D eigenvalue weighted by Crippen LogP contribution is -2.21. The number of hydrogen-bond donors (Lipinski definition) is 1. The quantitative estimate of drug-likeness (QED) is 0.569. The summed E-state index contributed by atoms with van der Waals surface area (Å²) in [6.07, 6.45) is 0.749. The molecule has 4 rings (SSSR count). The highest BCUT2D eigenvalue weighted by atomic mass is 35.5. The van der Waals surface area contributed by atoms with Gasteiger partial charge in [-0.05, 0) is 36.6 Å². The van der Waals surface area contributed by atoms with Crippen LogP contribution in [0.25, 0.3) is 0 Å². The highest BCUT2D eigenvalue weighted by Crippen LogP contribution is 2.40. The number of aromatic nitrogens is 4. The van der Waals surface area contributed by atoms with Crippen molar-refractivity contribution in [2.45, 2.75) is 38.3 Å². The molecule has 1 aliphatic carbocycles. The number of nitrogens with zero attached hydrogens (tertiary/aromatic N) is 4. The average Bonchev–Trinajstić information content (AvgIpc) is 3.35. The lowest BCUT2D eigenvalue weighted by atomic mass is 10.2. The zero-order chi connectivity index (χ0) is 20.5. The smallest absolute Gasteiger partial charge is 0.280 e. The fourth-order valence-electron chi connectivity index (χ4n) is 2.98.